The molecular formula is C8H8F2O2. The second kappa shape index (κ2) is 4.01. The number of aliphatic hydroxyl groups is 1. The quantitative estimate of drug-likeness (QED) is 0.752. The van der Waals surface area contributed by atoms with Crippen LogP contribution in [0, 0.1) is 5.82 Å². The van der Waals surface area contributed by atoms with E-state index in [-0.39, 0.29) is 5.75 Å². The first kappa shape index (κ1) is 8.93. The number of rotatable bonds is 3. The summed E-state index contributed by atoms with van der Waals surface area (Å²) in [5.41, 5.74) is 0. The SMILES string of the molecule is OCC(F)Oc1ccc(F)cc1. The molecule has 1 rings (SSSR count). The van der Waals surface area contributed by atoms with Gasteiger partial charge in [0.1, 0.15) is 18.2 Å². The molecule has 1 unspecified atom stereocenters. The van der Waals surface area contributed by atoms with Gasteiger partial charge in [-0.1, -0.05) is 0 Å². The molecule has 0 spiro atoms. The van der Waals surface area contributed by atoms with Crippen LogP contribution in [0.15, 0.2) is 24.3 Å². The van der Waals surface area contributed by atoms with Crippen LogP contribution in [0.1, 0.15) is 0 Å². The predicted molar refractivity (Wildman–Crippen MR) is 39.0 cm³/mol. The molecule has 12 heavy (non-hydrogen) atoms. The van der Waals surface area contributed by atoms with E-state index >= 15 is 0 Å². The lowest BCUT2D eigenvalue weighted by atomic mass is 10.3. The van der Waals surface area contributed by atoms with E-state index in [0.717, 1.165) is 12.1 Å². The number of ether oxygens (including phenoxy) is 1. The van der Waals surface area contributed by atoms with E-state index in [1.807, 2.05) is 0 Å². The van der Waals surface area contributed by atoms with E-state index in [4.69, 9.17) is 5.11 Å². The summed E-state index contributed by atoms with van der Waals surface area (Å²) in [4.78, 5) is 0. The van der Waals surface area contributed by atoms with E-state index in [1.165, 1.54) is 12.1 Å². The third kappa shape index (κ3) is 2.47. The minimum Gasteiger partial charge on any atom is -0.458 e. The molecule has 0 aromatic heterocycles. The monoisotopic (exact) mass is 174 g/mol. The Bertz CT molecular complexity index is 235. The largest absolute Gasteiger partial charge is 0.458 e. The van der Waals surface area contributed by atoms with Crippen LogP contribution in [0.4, 0.5) is 8.78 Å². The molecule has 0 aliphatic heterocycles. The van der Waals surface area contributed by atoms with Crippen LogP contribution in [0.2, 0.25) is 0 Å². The Hall–Kier alpha value is -1.16. The molecule has 0 amide bonds. The molecule has 1 N–H and O–H groups in total. The third-order valence-corrected chi connectivity index (χ3v) is 1.22. The van der Waals surface area contributed by atoms with Gasteiger partial charge in [0.05, 0.1) is 0 Å². The minimum absolute atomic E-state index is 0.193. The number of aliphatic hydroxyl groups excluding tert-OH is 1. The summed E-state index contributed by atoms with van der Waals surface area (Å²) < 4.78 is 29.2. The fraction of sp³-hybridized carbons (Fsp3) is 0.250. The maximum Gasteiger partial charge on any atom is 0.261 e. The molecule has 0 heterocycles. The standard InChI is InChI=1S/C8H8F2O2/c9-6-1-3-7(4-2-6)12-8(10)5-11/h1-4,8,11H,5H2. The van der Waals surface area contributed by atoms with Crippen molar-refractivity contribution >= 4 is 0 Å². The van der Waals surface area contributed by atoms with Crippen LogP contribution in [0.5, 0.6) is 5.75 Å². The zero-order chi connectivity index (χ0) is 8.97. The van der Waals surface area contributed by atoms with E-state index < -0.39 is 18.8 Å². The molecule has 0 aliphatic rings. The summed E-state index contributed by atoms with van der Waals surface area (Å²) in [7, 11) is 0. The zero-order valence-corrected chi connectivity index (χ0v) is 6.21. The highest BCUT2D eigenvalue weighted by Gasteiger charge is 2.04. The van der Waals surface area contributed by atoms with E-state index in [0.29, 0.717) is 0 Å². The smallest absolute Gasteiger partial charge is 0.261 e. The van der Waals surface area contributed by atoms with Crippen LogP contribution >= 0.6 is 0 Å². The Morgan fingerprint density at radius 2 is 1.92 bits per heavy atom. The molecule has 4 heteroatoms. The maximum absolute atomic E-state index is 12.4. The molecule has 0 fully saturated rings. The Kier molecular flexibility index (Phi) is 2.99. The van der Waals surface area contributed by atoms with E-state index in [2.05, 4.69) is 4.74 Å². The third-order valence-electron chi connectivity index (χ3n) is 1.22. The van der Waals surface area contributed by atoms with Crippen LogP contribution in [-0.2, 0) is 0 Å². The van der Waals surface area contributed by atoms with Gasteiger partial charge >= 0.3 is 0 Å². The van der Waals surface area contributed by atoms with Gasteiger partial charge in [-0.15, -0.1) is 0 Å². The lowest BCUT2D eigenvalue weighted by molar-refractivity contribution is 0.0136. The second-order valence-corrected chi connectivity index (χ2v) is 2.16. The lowest BCUT2D eigenvalue weighted by Gasteiger charge is -2.07. The summed E-state index contributed by atoms with van der Waals surface area (Å²) in [5, 5.41) is 8.28. The van der Waals surface area contributed by atoms with Crippen molar-refractivity contribution in [1.29, 1.82) is 0 Å². The molecule has 0 saturated heterocycles. The highest BCUT2D eigenvalue weighted by molar-refractivity contribution is 5.22. The summed E-state index contributed by atoms with van der Waals surface area (Å²) in [6.45, 7) is -0.711. The zero-order valence-electron chi connectivity index (χ0n) is 6.21. The first-order valence-corrected chi connectivity index (χ1v) is 3.39. The Morgan fingerprint density at radius 3 is 2.42 bits per heavy atom. The Morgan fingerprint density at radius 1 is 1.33 bits per heavy atom. The van der Waals surface area contributed by atoms with Crippen molar-refractivity contribution in [1.82, 2.24) is 0 Å². The molecule has 1 aromatic carbocycles. The average Bonchev–Trinajstić information content (AvgIpc) is 2.09. The molecule has 0 bridgehead atoms. The highest BCUT2D eigenvalue weighted by Crippen LogP contribution is 2.12. The van der Waals surface area contributed by atoms with Crippen molar-refractivity contribution in [2.45, 2.75) is 6.36 Å². The molecule has 1 aromatic rings. The molecule has 0 aliphatic carbocycles. The van der Waals surface area contributed by atoms with Gasteiger partial charge in [0, 0.05) is 0 Å². The molecular weight excluding hydrogens is 166 g/mol. The molecule has 0 saturated carbocycles. The van der Waals surface area contributed by atoms with Gasteiger partial charge in [0.2, 0.25) is 0 Å². The van der Waals surface area contributed by atoms with Crippen LogP contribution in [-0.4, -0.2) is 18.1 Å². The lowest BCUT2D eigenvalue weighted by Crippen LogP contribution is -2.14. The second-order valence-electron chi connectivity index (χ2n) is 2.16. The van der Waals surface area contributed by atoms with Crippen molar-refractivity contribution in [3.05, 3.63) is 30.1 Å². The van der Waals surface area contributed by atoms with Gasteiger partial charge < -0.3 is 9.84 Å². The van der Waals surface area contributed by atoms with Crippen molar-refractivity contribution < 1.29 is 18.6 Å². The van der Waals surface area contributed by atoms with E-state index in [1.54, 1.807) is 0 Å². The normalized spacial score (nSPS) is 12.6. The topological polar surface area (TPSA) is 29.5 Å². The number of hydrogen-bond donors (Lipinski definition) is 1. The highest BCUT2D eigenvalue weighted by atomic mass is 19.1. The van der Waals surface area contributed by atoms with Crippen LogP contribution in [0.3, 0.4) is 0 Å². The molecule has 2 nitrogen and oxygen atoms in total. The molecule has 0 radical (unpaired) electrons. The van der Waals surface area contributed by atoms with Crippen LogP contribution < -0.4 is 4.74 Å². The van der Waals surface area contributed by atoms with Gasteiger partial charge in [-0.25, -0.2) is 4.39 Å². The van der Waals surface area contributed by atoms with Crippen molar-refractivity contribution in [3.63, 3.8) is 0 Å². The average molecular weight is 174 g/mol. The molecule has 66 valence electrons. The summed E-state index contributed by atoms with van der Waals surface area (Å²) in [6, 6.07) is 4.88. The predicted octanol–water partition coefficient (Wildman–Crippen LogP) is 1.49. The van der Waals surface area contributed by atoms with Crippen molar-refractivity contribution in [2.24, 2.45) is 0 Å². The van der Waals surface area contributed by atoms with Gasteiger partial charge in [0.15, 0.2) is 0 Å². The van der Waals surface area contributed by atoms with Crippen molar-refractivity contribution in [3.8, 4) is 5.75 Å². The fourth-order valence-electron chi connectivity index (χ4n) is 0.698. The maximum atomic E-state index is 12.4. The van der Waals surface area contributed by atoms with Gasteiger partial charge in [-0.2, -0.15) is 4.39 Å². The van der Waals surface area contributed by atoms with Crippen molar-refractivity contribution in [2.75, 3.05) is 6.61 Å². The minimum atomic E-state index is -1.75. The van der Waals surface area contributed by atoms with Gasteiger partial charge in [-0.05, 0) is 24.3 Å². The molecule has 1 atom stereocenters. The summed E-state index contributed by atoms with van der Waals surface area (Å²) >= 11 is 0. The fourth-order valence-corrected chi connectivity index (χ4v) is 0.698. The number of halogens is 2. The summed E-state index contributed by atoms with van der Waals surface area (Å²) in [6.07, 6.45) is -1.75. The first-order valence-electron chi connectivity index (χ1n) is 3.39. The number of alkyl halides is 1. The van der Waals surface area contributed by atoms with E-state index in [9.17, 15) is 8.78 Å². The number of hydrogen-bond acceptors (Lipinski definition) is 2. The van der Waals surface area contributed by atoms with Gasteiger partial charge in [0.25, 0.3) is 6.36 Å². The Balaban J connectivity index is 2.58. The van der Waals surface area contributed by atoms with Crippen LogP contribution in [0.25, 0.3) is 0 Å². The Labute approximate surface area is 68.4 Å². The van der Waals surface area contributed by atoms with Gasteiger partial charge in [-0.3, -0.25) is 0 Å². The first-order chi connectivity index (χ1) is 5.72. The number of benzene rings is 1. The summed E-state index contributed by atoms with van der Waals surface area (Å²) in [5.74, 6) is -0.222.